The minimum atomic E-state index is 0.533. The van der Waals surface area contributed by atoms with E-state index in [4.69, 9.17) is 4.74 Å². The summed E-state index contributed by atoms with van der Waals surface area (Å²) in [4.78, 5) is 2.54. The topological polar surface area (TPSA) is 12.5 Å². The first kappa shape index (κ1) is 9.47. The Kier molecular flexibility index (Phi) is 3.23. The van der Waals surface area contributed by atoms with Crippen LogP contribution in [0.25, 0.3) is 0 Å². The highest BCUT2D eigenvalue weighted by molar-refractivity contribution is 4.78. The Bertz CT molecular complexity index is 144. The molecule has 2 nitrogen and oxygen atoms in total. The summed E-state index contributed by atoms with van der Waals surface area (Å²) in [5.41, 5.74) is 0. The van der Waals surface area contributed by atoms with E-state index in [0.717, 1.165) is 12.8 Å². The summed E-state index contributed by atoms with van der Waals surface area (Å²) in [6.45, 7) is 4.39. The van der Waals surface area contributed by atoms with E-state index in [9.17, 15) is 0 Å². The van der Waals surface area contributed by atoms with Crippen LogP contribution in [0.4, 0.5) is 0 Å². The van der Waals surface area contributed by atoms with Crippen molar-refractivity contribution in [2.24, 2.45) is 0 Å². The van der Waals surface area contributed by atoms with E-state index in [1.165, 1.54) is 45.1 Å². The highest BCUT2D eigenvalue weighted by Crippen LogP contribution is 2.25. The fraction of sp³-hybridized carbons (Fsp3) is 1.00. The summed E-state index contributed by atoms with van der Waals surface area (Å²) in [6.07, 6.45) is 8.55. The molecule has 0 N–H and O–H groups in total. The number of fused-ring (bicyclic) bond motifs is 1. The minimum Gasteiger partial charge on any atom is -0.363 e. The first-order chi connectivity index (χ1) is 6.40. The summed E-state index contributed by atoms with van der Waals surface area (Å²) < 4.78 is 5.85. The maximum absolute atomic E-state index is 5.85. The molecular weight excluding hydrogens is 162 g/mol. The van der Waals surface area contributed by atoms with E-state index in [1.54, 1.807) is 0 Å². The Morgan fingerprint density at radius 3 is 3.00 bits per heavy atom. The van der Waals surface area contributed by atoms with Gasteiger partial charge >= 0.3 is 0 Å². The van der Waals surface area contributed by atoms with Crippen molar-refractivity contribution in [3.8, 4) is 0 Å². The molecule has 0 bridgehead atoms. The second-order valence-corrected chi connectivity index (χ2v) is 4.37. The van der Waals surface area contributed by atoms with E-state index in [0.29, 0.717) is 6.10 Å². The average molecular weight is 183 g/mol. The second kappa shape index (κ2) is 4.43. The summed E-state index contributed by atoms with van der Waals surface area (Å²) in [5, 5.41) is 0. The molecule has 2 saturated heterocycles. The lowest BCUT2D eigenvalue weighted by Crippen LogP contribution is -2.39. The van der Waals surface area contributed by atoms with Crippen LogP contribution in [0.15, 0.2) is 0 Å². The Morgan fingerprint density at radius 2 is 2.15 bits per heavy atom. The molecule has 13 heavy (non-hydrogen) atoms. The van der Waals surface area contributed by atoms with Gasteiger partial charge in [0.05, 0.1) is 12.8 Å². The van der Waals surface area contributed by atoms with Crippen LogP contribution in [0.2, 0.25) is 0 Å². The van der Waals surface area contributed by atoms with Crippen molar-refractivity contribution in [2.75, 3.05) is 13.3 Å². The van der Waals surface area contributed by atoms with E-state index >= 15 is 0 Å². The summed E-state index contributed by atoms with van der Waals surface area (Å²) in [7, 11) is 0. The third-order valence-corrected chi connectivity index (χ3v) is 3.50. The van der Waals surface area contributed by atoms with E-state index in [1.807, 2.05) is 0 Å². The van der Waals surface area contributed by atoms with Crippen LogP contribution in [-0.4, -0.2) is 30.3 Å². The van der Waals surface area contributed by atoms with Crippen molar-refractivity contribution in [1.29, 1.82) is 0 Å². The summed E-state index contributed by atoms with van der Waals surface area (Å²) in [6, 6.07) is 0.838. The van der Waals surface area contributed by atoms with Gasteiger partial charge in [0, 0.05) is 12.6 Å². The van der Waals surface area contributed by atoms with E-state index < -0.39 is 0 Å². The molecule has 2 aliphatic rings. The van der Waals surface area contributed by atoms with Gasteiger partial charge in [0.15, 0.2) is 0 Å². The maximum atomic E-state index is 5.85. The number of hydrogen-bond donors (Lipinski definition) is 0. The van der Waals surface area contributed by atoms with Crippen LogP contribution in [-0.2, 0) is 4.74 Å². The molecule has 2 unspecified atom stereocenters. The lowest BCUT2D eigenvalue weighted by atomic mass is 9.97. The van der Waals surface area contributed by atoms with Gasteiger partial charge in [0.1, 0.15) is 0 Å². The van der Waals surface area contributed by atoms with E-state index in [2.05, 4.69) is 11.8 Å². The molecule has 2 aliphatic heterocycles. The first-order valence-electron chi connectivity index (χ1n) is 5.76. The molecule has 2 heteroatoms. The Balaban J connectivity index is 1.91. The lowest BCUT2D eigenvalue weighted by Gasteiger charge is -2.33. The van der Waals surface area contributed by atoms with Crippen LogP contribution in [0, 0.1) is 0 Å². The fourth-order valence-electron chi connectivity index (χ4n) is 2.54. The van der Waals surface area contributed by atoms with Gasteiger partial charge in [-0.05, 0) is 32.1 Å². The molecule has 0 aromatic heterocycles. The zero-order valence-corrected chi connectivity index (χ0v) is 8.67. The first-order valence-corrected chi connectivity index (χ1v) is 5.76. The van der Waals surface area contributed by atoms with Gasteiger partial charge in [0.25, 0.3) is 0 Å². The van der Waals surface area contributed by atoms with Crippen LogP contribution in [0.1, 0.15) is 45.4 Å². The molecule has 2 rings (SSSR count). The normalized spacial score (nSPS) is 36.7. The number of hydrogen-bond acceptors (Lipinski definition) is 2. The molecule has 0 amide bonds. The molecule has 76 valence electrons. The summed E-state index contributed by atoms with van der Waals surface area (Å²) >= 11 is 0. The van der Waals surface area contributed by atoms with Crippen molar-refractivity contribution in [3.63, 3.8) is 0 Å². The molecule has 0 aromatic rings. The predicted molar refractivity (Wildman–Crippen MR) is 53.6 cm³/mol. The smallest absolute Gasteiger partial charge is 0.0996 e. The van der Waals surface area contributed by atoms with Crippen molar-refractivity contribution in [1.82, 2.24) is 4.90 Å². The number of nitrogens with zero attached hydrogens (tertiary/aromatic N) is 1. The maximum Gasteiger partial charge on any atom is 0.0996 e. The fourth-order valence-corrected chi connectivity index (χ4v) is 2.54. The molecule has 0 saturated carbocycles. The zero-order chi connectivity index (χ0) is 9.10. The Labute approximate surface area is 81.3 Å². The van der Waals surface area contributed by atoms with Crippen molar-refractivity contribution < 1.29 is 4.74 Å². The quantitative estimate of drug-likeness (QED) is 0.619. The van der Waals surface area contributed by atoms with Gasteiger partial charge in [-0.1, -0.05) is 13.3 Å². The highest BCUT2D eigenvalue weighted by atomic mass is 16.5. The minimum absolute atomic E-state index is 0.533. The number of ether oxygens (including phenoxy) is 1. The largest absolute Gasteiger partial charge is 0.363 e. The van der Waals surface area contributed by atoms with Crippen molar-refractivity contribution in [2.45, 2.75) is 57.6 Å². The van der Waals surface area contributed by atoms with Crippen LogP contribution >= 0.6 is 0 Å². The van der Waals surface area contributed by atoms with Crippen molar-refractivity contribution in [3.05, 3.63) is 0 Å². The standard InChI is InChI=1S/C11H21NO/c1-2-11-7-6-10-5-3-4-8-12(10)9-13-11/h10-11H,2-9H2,1H3. The SMILES string of the molecule is CCC1CCC2CCCCN2CO1. The van der Waals surface area contributed by atoms with E-state index in [-0.39, 0.29) is 0 Å². The van der Waals surface area contributed by atoms with Gasteiger partial charge in [-0.25, -0.2) is 0 Å². The van der Waals surface area contributed by atoms with Gasteiger partial charge in [-0.15, -0.1) is 0 Å². The molecule has 0 radical (unpaired) electrons. The predicted octanol–water partition coefficient (Wildman–Crippen LogP) is 2.39. The number of rotatable bonds is 1. The molecular formula is C11H21NO. The molecule has 2 heterocycles. The van der Waals surface area contributed by atoms with Crippen molar-refractivity contribution >= 4 is 0 Å². The van der Waals surface area contributed by atoms with Gasteiger partial charge in [-0.3, -0.25) is 4.90 Å². The van der Waals surface area contributed by atoms with Crippen LogP contribution < -0.4 is 0 Å². The third-order valence-electron chi connectivity index (χ3n) is 3.50. The summed E-state index contributed by atoms with van der Waals surface area (Å²) in [5.74, 6) is 0. The number of piperidine rings is 1. The van der Waals surface area contributed by atoms with Crippen LogP contribution in [0.5, 0.6) is 0 Å². The molecule has 0 aromatic carbocycles. The second-order valence-electron chi connectivity index (χ2n) is 4.37. The Morgan fingerprint density at radius 1 is 1.23 bits per heavy atom. The average Bonchev–Trinajstić information content (AvgIpc) is 2.39. The lowest BCUT2D eigenvalue weighted by molar-refractivity contribution is -0.0247. The van der Waals surface area contributed by atoms with Gasteiger partial charge < -0.3 is 4.74 Å². The van der Waals surface area contributed by atoms with Gasteiger partial charge in [-0.2, -0.15) is 0 Å². The zero-order valence-electron chi connectivity index (χ0n) is 8.67. The molecule has 0 spiro atoms. The monoisotopic (exact) mass is 183 g/mol. The molecule has 2 atom stereocenters. The molecule has 0 aliphatic carbocycles. The molecule has 2 fully saturated rings. The Hall–Kier alpha value is -0.0800. The highest BCUT2D eigenvalue weighted by Gasteiger charge is 2.26. The van der Waals surface area contributed by atoms with Crippen LogP contribution in [0.3, 0.4) is 0 Å². The van der Waals surface area contributed by atoms with Gasteiger partial charge in [0.2, 0.25) is 0 Å². The third kappa shape index (κ3) is 2.23.